The molecule has 7 nitrogen and oxygen atoms in total. The quantitative estimate of drug-likeness (QED) is 0.410. The summed E-state index contributed by atoms with van der Waals surface area (Å²) in [5.74, 6) is 0.363. The minimum atomic E-state index is -4.74. The Kier molecular flexibility index (Phi) is 7.26. The Hall–Kier alpha value is -3.12. The first-order valence-corrected chi connectivity index (χ1v) is 13.0. The molecule has 38 heavy (non-hydrogen) atoms. The van der Waals surface area contributed by atoms with Crippen LogP contribution in [0.15, 0.2) is 17.5 Å². The molecule has 0 spiro atoms. The topological polar surface area (TPSA) is 114 Å². The molecule has 1 saturated heterocycles. The van der Waals surface area contributed by atoms with Gasteiger partial charge in [-0.25, -0.2) is 0 Å². The molecule has 1 saturated carbocycles. The van der Waals surface area contributed by atoms with Gasteiger partial charge < -0.3 is 15.2 Å². The van der Waals surface area contributed by atoms with Gasteiger partial charge in [-0.1, -0.05) is 6.07 Å². The van der Waals surface area contributed by atoms with Gasteiger partial charge in [0.15, 0.2) is 0 Å². The van der Waals surface area contributed by atoms with Crippen molar-refractivity contribution >= 4 is 33.4 Å². The Labute approximate surface area is 222 Å². The number of carbonyl (C=O) groups excluding carboxylic acids is 2. The molecule has 5 unspecified atom stereocenters. The third kappa shape index (κ3) is 4.23. The number of hydrogen-bond donors (Lipinski definition) is 2. The summed E-state index contributed by atoms with van der Waals surface area (Å²) in [5, 5.41) is 14.7. The molecule has 202 valence electrons. The van der Waals surface area contributed by atoms with Crippen LogP contribution in [-0.4, -0.2) is 37.9 Å². The number of nitrogens with zero attached hydrogens (tertiary/aromatic N) is 1. The number of nitrogens with one attached hydrogen (secondary N) is 1. The highest BCUT2D eigenvalue weighted by atomic mass is 32.1. The number of rotatable bonds is 6. The number of nitrogens with two attached hydrogens (primary N) is 1. The summed E-state index contributed by atoms with van der Waals surface area (Å²) in [7, 11) is 1.22. The van der Waals surface area contributed by atoms with E-state index in [2.05, 4.69) is 11.2 Å². The van der Waals surface area contributed by atoms with Gasteiger partial charge in [0.1, 0.15) is 11.5 Å². The zero-order valence-electron chi connectivity index (χ0n) is 21.1. The van der Waals surface area contributed by atoms with E-state index in [-0.39, 0.29) is 23.6 Å². The van der Waals surface area contributed by atoms with Crippen molar-refractivity contribution in [3.63, 3.8) is 0 Å². The highest BCUT2D eigenvalue weighted by molar-refractivity contribution is 7.17. The summed E-state index contributed by atoms with van der Waals surface area (Å²) >= 11 is 0.931. The third-order valence-electron chi connectivity index (χ3n) is 8.05. The number of ether oxygens (including phenoxy) is 2. The fourth-order valence-corrected chi connectivity index (χ4v) is 6.76. The van der Waals surface area contributed by atoms with Crippen LogP contribution in [-0.2, 0) is 25.2 Å². The SMILES string of the molecule is C#CCC1(C(=O)OCC2CC2)C(N)NC(C)C(C)(C(=O)OC)C1c1csc2c(C#N)c(C(F)(F)F)ccc12. The summed E-state index contributed by atoms with van der Waals surface area (Å²) in [6, 6.07) is 3.15. The van der Waals surface area contributed by atoms with Gasteiger partial charge in [0.05, 0.1) is 41.1 Å². The predicted molar refractivity (Wildman–Crippen MR) is 135 cm³/mol. The Bertz CT molecular complexity index is 1360. The minimum absolute atomic E-state index is 0.0882. The number of carbonyl (C=O) groups is 2. The van der Waals surface area contributed by atoms with E-state index in [1.807, 2.05) is 0 Å². The highest BCUT2D eigenvalue weighted by Crippen LogP contribution is 2.59. The van der Waals surface area contributed by atoms with Crippen molar-refractivity contribution in [1.29, 1.82) is 5.26 Å². The van der Waals surface area contributed by atoms with E-state index in [0.717, 1.165) is 30.2 Å². The van der Waals surface area contributed by atoms with Crippen LogP contribution in [0.4, 0.5) is 13.2 Å². The van der Waals surface area contributed by atoms with Crippen molar-refractivity contribution in [3.8, 4) is 18.4 Å². The molecule has 2 aromatic rings. The molecule has 2 heterocycles. The summed E-state index contributed by atoms with van der Waals surface area (Å²) in [5.41, 5.74) is 2.28. The van der Waals surface area contributed by atoms with Crippen molar-refractivity contribution in [1.82, 2.24) is 5.32 Å². The molecule has 1 aliphatic heterocycles. The lowest BCUT2D eigenvalue weighted by Crippen LogP contribution is -2.72. The van der Waals surface area contributed by atoms with Crippen molar-refractivity contribution in [2.45, 2.75) is 57.4 Å². The van der Waals surface area contributed by atoms with Gasteiger partial charge in [0.25, 0.3) is 0 Å². The summed E-state index contributed by atoms with van der Waals surface area (Å²) < 4.78 is 52.0. The van der Waals surface area contributed by atoms with Crippen molar-refractivity contribution in [3.05, 3.63) is 34.2 Å². The van der Waals surface area contributed by atoms with E-state index >= 15 is 0 Å². The van der Waals surface area contributed by atoms with E-state index in [1.165, 1.54) is 13.2 Å². The fourth-order valence-electron chi connectivity index (χ4n) is 5.67. The maximum atomic E-state index is 13.9. The Morgan fingerprint density at radius 3 is 2.55 bits per heavy atom. The smallest absolute Gasteiger partial charge is 0.417 e. The number of alkyl halides is 3. The van der Waals surface area contributed by atoms with Gasteiger partial charge in [-0.15, -0.1) is 23.7 Å². The van der Waals surface area contributed by atoms with Gasteiger partial charge in [-0.05, 0) is 55.0 Å². The molecule has 1 aromatic carbocycles. The van der Waals surface area contributed by atoms with E-state index < -0.39 is 58.2 Å². The lowest BCUT2D eigenvalue weighted by molar-refractivity contribution is -0.176. The average Bonchev–Trinajstić information content (AvgIpc) is 3.61. The standard InChI is InChI=1S/C27H28F3N3O4S/c1-5-10-26(24(35)37-12-15-6-7-15)21(25(3,23(34)36-4)14(2)33-22(26)32)18-13-38-20-16(18)8-9-19(17(20)11-31)27(28,29)30/h1,8-9,13-15,21-22,33H,6-7,10,12,32H2,2-4H3. The maximum Gasteiger partial charge on any atom is 0.417 e. The fraction of sp³-hybridized carbons (Fsp3) is 0.519. The van der Waals surface area contributed by atoms with Crippen LogP contribution in [0.1, 0.15) is 55.7 Å². The lowest BCUT2D eigenvalue weighted by atomic mass is 9.52. The first-order chi connectivity index (χ1) is 17.9. The molecule has 2 aliphatic rings. The normalized spacial score (nSPS) is 29.3. The van der Waals surface area contributed by atoms with Crippen LogP contribution < -0.4 is 11.1 Å². The van der Waals surface area contributed by atoms with Gasteiger partial charge in [-0.3, -0.25) is 14.9 Å². The predicted octanol–water partition coefficient (Wildman–Crippen LogP) is 4.29. The second-order valence-corrected chi connectivity index (χ2v) is 11.1. The Balaban J connectivity index is 2.03. The van der Waals surface area contributed by atoms with Crippen LogP contribution in [0.3, 0.4) is 0 Å². The first-order valence-electron chi connectivity index (χ1n) is 12.1. The van der Waals surface area contributed by atoms with E-state index in [0.29, 0.717) is 10.9 Å². The van der Waals surface area contributed by atoms with Gasteiger partial charge in [0, 0.05) is 18.4 Å². The maximum absolute atomic E-state index is 13.9. The number of piperidine rings is 1. The van der Waals surface area contributed by atoms with Crippen molar-refractivity contribution < 1.29 is 32.2 Å². The molecule has 0 amide bonds. The van der Waals surface area contributed by atoms with E-state index in [4.69, 9.17) is 21.6 Å². The zero-order valence-corrected chi connectivity index (χ0v) is 22.0. The molecule has 2 fully saturated rings. The Morgan fingerprint density at radius 1 is 1.32 bits per heavy atom. The van der Waals surface area contributed by atoms with Gasteiger partial charge in [0.2, 0.25) is 0 Å². The largest absolute Gasteiger partial charge is 0.469 e. The molecule has 11 heteroatoms. The molecular weight excluding hydrogens is 519 g/mol. The molecular formula is C27H28F3N3O4S. The number of benzene rings is 1. The van der Waals surface area contributed by atoms with Crippen molar-refractivity contribution in [2.75, 3.05) is 13.7 Å². The van der Waals surface area contributed by atoms with Gasteiger partial charge >= 0.3 is 18.1 Å². The lowest BCUT2D eigenvalue weighted by Gasteiger charge is -2.56. The number of methoxy groups -OCH3 is 1. The summed E-state index contributed by atoms with van der Waals surface area (Å²) in [4.78, 5) is 27.4. The number of fused-ring (bicyclic) bond motifs is 1. The molecule has 3 N–H and O–H groups in total. The monoisotopic (exact) mass is 547 g/mol. The number of terminal acetylenes is 1. The van der Waals surface area contributed by atoms with Crippen molar-refractivity contribution in [2.24, 2.45) is 22.5 Å². The molecule has 0 bridgehead atoms. The third-order valence-corrected chi connectivity index (χ3v) is 9.08. The zero-order chi connectivity index (χ0) is 28.0. The Morgan fingerprint density at radius 2 is 2.00 bits per heavy atom. The van der Waals surface area contributed by atoms with Crippen LogP contribution in [0.5, 0.6) is 0 Å². The van der Waals surface area contributed by atoms with Crippen LogP contribution in [0, 0.1) is 40.4 Å². The van der Waals surface area contributed by atoms with E-state index in [1.54, 1.807) is 25.3 Å². The number of nitriles is 1. The second kappa shape index (κ2) is 9.88. The number of hydrogen-bond acceptors (Lipinski definition) is 8. The number of esters is 2. The van der Waals surface area contributed by atoms with Crippen LogP contribution >= 0.6 is 11.3 Å². The van der Waals surface area contributed by atoms with Crippen LogP contribution in [0.25, 0.3) is 10.1 Å². The highest BCUT2D eigenvalue weighted by Gasteiger charge is 2.66. The minimum Gasteiger partial charge on any atom is -0.469 e. The summed E-state index contributed by atoms with van der Waals surface area (Å²) in [6.07, 6.45) is 1.61. The average molecular weight is 548 g/mol. The molecule has 5 atom stereocenters. The van der Waals surface area contributed by atoms with E-state index in [9.17, 15) is 28.0 Å². The van der Waals surface area contributed by atoms with Crippen LogP contribution in [0.2, 0.25) is 0 Å². The van der Waals surface area contributed by atoms with Gasteiger partial charge in [-0.2, -0.15) is 18.4 Å². The number of halogens is 3. The second-order valence-electron chi connectivity index (χ2n) is 10.2. The number of thiophene rings is 1. The molecule has 0 radical (unpaired) electrons. The first kappa shape index (κ1) is 27.9. The summed E-state index contributed by atoms with van der Waals surface area (Å²) in [6.45, 7) is 3.51. The molecule has 1 aromatic heterocycles. The molecule has 1 aliphatic carbocycles. The molecule has 4 rings (SSSR count).